The molecule has 2 saturated heterocycles. The number of quaternary nitrogens is 1. The van der Waals surface area contributed by atoms with E-state index >= 15 is 0 Å². The fourth-order valence-corrected chi connectivity index (χ4v) is 5.22. The maximum absolute atomic E-state index is 13.2. The van der Waals surface area contributed by atoms with Crippen LogP contribution in [-0.2, 0) is 11.3 Å². The highest BCUT2D eigenvalue weighted by atomic mass is 79.9. The molecule has 1 aromatic carbocycles. The maximum atomic E-state index is 13.2. The number of ether oxygens (including phenoxy) is 1. The summed E-state index contributed by atoms with van der Waals surface area (Å²) < 4.78 is 20.2. The van der Waals surface area contributed by atoms with Crippen LogP contribution in [0.4, 0.5) is 14.9 Å². The van der Waals surface area contributed by atoms with E-state index in [1.165, 1.54) is 25.0 Å². The minimum atomic E-state index is -0.311. The third-order valence-corrected chi connectivity index (χ3v) is 7.02. The number of carbonyl (C=O) groups is 1. The number of anilines is 1. The van der Waals surface area contributed by atoms with Crippen LogP contribution in [0.1, 0.15) is 31.2 Å². The van der Waals surface area contributed by atoms with Gasteiger partial charge in [-0.2, -0.15) is 11.3 Å². The molecular formula is C21H26BrFN2O2S. The molecule has 4 nitrogen and oxygen atoms in total. The Kier molecular flexibility index (Phi) is 6.47. The first-order valence-electron chi connectivity index (χ1n) is 9.51. The van der Waals surface area contributed by atoms with E-state index in [1.807, 2.05) is 16.8 Å². The maximum Gasteiger partial charge on any atom is 0.414 e. The highest BCUT2D eigenvalue weighted by molar-refractivity contribution is 7.08. The molecule has 0 unspecified atom stereocenters. The molecule has 1 aromatic heterocycles. The van der Waals surface area contributed by atoms with Crippen molar-refractivity contribution >= 4 is 23.1 Å². The first-order chi connectivity index (χ1) is 12.9. The molecule has 28 heavy (non-hydrogen) atoms. The lowest BCUT2D eigenvalue weighted by Crippen LogP contribution is -3.00. The molecule has 0 N–H and O–H groups in total. The fraction of sp³-hybridized carbons (Fsp3) is 0.476. The summed E-state index contributed by atoms with van der Waals surface area (Å²) in [5, 5.41) is 3.89. The lowest BCUT2D eigenvalue weighted by atomic mass is 9.98. The number of rotatable bonds is 4. The summed E-state index contributed by atoms with van der Waals surface area (Å²) in [5.41, 5.74) is 1.70. The monoisotopic (exact) mass is 468 g/mol. The fourth-order valence-electron chi connectivity index (χ4n) is 4.58. The van der Waals surface area contributed by atoms with E-state index in [-0.39, 0.29) is 35.0 Å². The predicted octanol–water partition coefficient (Wildman–Crippen LogP) is 1.80. The third kappa shape index (κ3) is 4.26. The van der Waals surface area contributed by atoms with Crippen molar-refractivity contribution in [3.63, 3.8) is 0 Å². The average molecular weight is 469 g/mol. The smallest absolute Gasteiger partial charge is 0.414 e. The summed E-state index contributed by atoms with van der Waals surface area (Å²) in [4.78, 5) is 14.7. The number of thiophene rings is 1. The van der Waals surface area contributed by atoms with Crippen LogP contribution in [0, 0.1) is 5.82 Å². The Balaban J connectivity index is 0.00000225. The van der Waals surface area contributed by atoms with Gasteiger partial charge in [0.25, 0.3) is 0 Å². The van der Waals surface area contributed by atoms with Crippen LogP contribution in [0.25, 0.3) is 0 Å². The van der Waals surface area contributed by atoms with E-state index in [1.54, 1.807) is 28.4 Å². The van der Waals surface area contributed by atoms with E-state index in [9.17, 15) is 9.18 Å². The zero-order valence-corrected chi connectivity index (χ0v) is 18.6. The van der Waals surface area contributed by atoms with Gasteiger partial charge >= 0.3 is 6.09 Å². The number of hydrogen-bond donors (Lipinski definition) is 0. The molecule has 2 aromatic rings. The first kappa shape index (κ1) is 21.3. The molecule has 3 atom stereocenters. The highest BCUT2D eigenvalue weighted by Gasteiger charge is 2.50. The molecule has 152 valence electrons. The molecule has 4 rings (SSSR count). The van der Waals surface area contributed by atoms with Crippen molar-refractivity contribution in [1.82, 2.24) is 0 Å². The molecule has 1 amide bonds. The Labute approximate surface area is 180 Å². The van der Waals surface area contributed by atoms with Gasteiger partial charge in [-0.05, 0) is 29.1 Å². The van der Waals surface area contributed by atoms with Gasteiger partial charge in [-0.3, -0.25) is 4.90 Å². The Hall–Kier alpha value is -1.44. The van der Waals surface area contributed by atoms with Crippen molar-refractivity contribution < 1.29 is 35.4 Å². The molecular weight excluding hydrogens is 443 g/mol. The number of halogens is 2. The summed E-state index contributed by atoms with van der Waals surface area (Å²) in [5.74, 6) is -0.276. The van der Waals surface area contributed by atoms with Gasteiger partial charge in [0.2, 0.25) is 0 Å². The standard InChI is InChI=1S/C21H26FN2O2S.BrH/c1-24(2)18-7-8-19(24)12-20(11-18)26-21(25)23(17-9-10-27-14-17)13-15-3-5-16(22)6-4-15;/h3-6,9-10,14,18-20H,7-8,11-13H2,1-2H3;1H/q+1;/p-1/t18-,19+,20+;. The largest absolute Gasteiger partial charge is 1.00 e. The molecule has 7 heteroatoms. The van der Waals surface area contributed by atoms with Crippen LogP contribution in [-0.4, -0.2) is 42.9 Å². The molecule has 3 heterocycles. The average Bonchev–Trinajstić information content (AvgIpc) is 3.17. The lowest BCUT2D eigenvalue weighted by Gasteiger charge is -2.44. The zero-order chi connectivity index (χ0) is 19.0. The normalized spacial score (nSPS) is 25.0. The Morgan fingerprint density at radius 1 is 1.18 bits per heavy atom. The van der Waals surface area contributed by atoms with Crippen LogP contribution >= 0.6 is 11.3 Å². The molecule has 2 fully saturated rings. The highest BCUT2D eigenvalue weighted by Crippen LogP contribution is 2.40. The van der Waals surface area contributed by atoms with Crippen molar-refractivity contribution in [2.24, 2.45) is 0 Å². The second kappa shape index (κ2) is 8.51. The SMILES string of the molecule is C[N+]1(C)[C@@H]2CC[C@H]1C[C@@H](OC(=O)N(Cc1ccc(F)cc1)c1ccsc1)C2.[Br-]. The van der Waals surface area contributed by atoms with Gasteiger partial charge in [-0.25, -0.2) is 9.18 Å². The minimum Gasteiger partial charge on any atom is -1.00 e. The van der Waals surface area contributed by atoms with Crippen LogP contribution in [0.15, 0.2) is 41.1 Å². The quantitative estimate of drug-likeness (QED) is 0.640. The topological polar surface area (TPSA) is 29.5 Å². The molecule has 2 aliphatic rings. The van der Waals surface area contributed by atoms with Gasteiger partial charge < -0.3 is 26.2 Å². The van der Waals surface area contributed by atoms with Gasteiger partial charge in [0.1, 0.15) is 11.9 Å². The summed E-state index contributed by atoms with van der Waals surface area (Å²) in [7, 11) is 4.60. The van der Waals surface area contributed by atoms with Crippen molar-refractivity contribution in [2.75, 3.05) is 19.0 Å². The van der Waals surface area contributed by atoms with Crippen molar-refractivity contribution in [1.29, 1.82) is 0 Å². The summed E-state index contributed by atoms with van der Waals surface area (Å²) in [6, 6.07) is 9.34. The molecule has 0 aliphatic carbocycles. The molecule has 0 spiro atoms. The number of benzene rings is 1. The van der Waals surface area contributed by atoms with Crippen LogP contribution in [0.5, 0.6) is 0 Å². The zero-order valence-electron chi connectivity index (χ0n) is 16.2. The predicted molar refractivity (Wildman–Crippen MR) is 105 cm³/mol. The van der Waals surface area contributed by atoms with Crippen LogP contribution < -0.4 is 21.9 Å². The van der Waals surface area contributed by atoms with E-state index in [0.29, 0.717) is 18.6 Å². The van der Waals surface area contributed by atoms with Crippen molar-refractivity contribution in [2.45, 2.75) is 50.4 Å². The van der Waals surface area contributed by atoms with E-state index in [4.69, 9.17) is 4.74 Å². The van der Waals surface area contributed by atoms with Gasteiger partial charge in [-0.15, -0.1) is 0 Å². The van der Waals surface area contributed by atoms with E-state index in [2.05, 4.69) is 14.1 Å². The van der Waals surface area contributed by atoms with Gasteiger partial charge in [-0.1, -0.05) is 12.1 Å². The van der Waals surface area contributed by atoms with Gasteiger partial charge in [0.05, 0.1) is 38.4 Å². The molecule has 2 aliphatic heterocycles. The number of piperidine rings is 1. The van der Waals surface area contributed by atoms with Crippen LogP contribution in [0.3, 0.4) is 0 Å². The van der Waals surface area contributed by atoms with Gasteiger partial charge in [0, 0.05) is 31.1 Å². The Bertz CT molecular complexity index is 781. The summed E-state index contributed by atoms with van der Waals surface area (Å²) >= 11 is 1.54. The molecule has 0 saturated carbocycles. The number of hydrogen-bond acceptors (Lipinski definition) is 3. The Morgan fingerprint density at radius 3 is 2.39 bits per heavy atom. The second-order valence-corrected chi connectivity index (χ2v) is 8.97. The van der Waals surface area contributed by atoms with Crippen molar-refractivity contribution in [3.8, 4) is 0 Å². The van der Waals surface area contributed by atoms with Gasteiger partial charge in [0.15, 0.2) is 0 Å². The Morgan fingerprint density at radius 2 is 1.82 bits per heavy atom. The number of amides is 1. The number of nitrogens with zero attached hydrogens (tertiary/aromatic N) is 2. The second-order valence-electron chi connectivity index (χ2n) is 8.19. The third-order valence-electron chi connectivity index (χ3n) is 6.34. The van der Waals surface area contributed by atoms with Crippen molar-refractivity contribution in [3.05, 3.63) is 52.5 Å². The summed E-state index contributed by atoms with van der Waals surface area (Å²) in [6.07, 6.45) is 3.97. The van der Waals surface area contributed by atoms with E-state index < -0.39 is 0 Å². The van der Waals surface area contributed by atoms with E-state index in [0.717, 1.165) is 28.6 Å². The van der Waals surface area contributed by atoms with Crippen LogP contribution in [0.2, 0.25) is 0 Å². The lowest BCUT2D eigenvalue weighted by molar-refractivity contribution is -0.931. The molecule has 2 bridgehead atoms. The summed E-state index contributed by atoms with van der Waals surface area (Å²) in [6.45, 7) is 0.372. The minimum absolute atomic E-state index is 0. The number of carbonyl (C=O) groups excluding carboxylic acids is 1. The number of fused-ring (bicyclic) bond motifs is 2. The molecule has 0 radical (unpaired) electrons. The first-order valence-corrected chi connectivity index (χ1v) is 10.5.